The van der Waals surface area contributed by atoms with Crippen molar-refractivity contribution in [3.05, 3.63) is 57.0 Å². The summed E-state index contributed by atoms with van der Waals surface area (Å²) < 4.78 is 5.69. The normalized spacial score (nSPS) is 10.4. The van der Waals surface area contributed by atoms with Crippen LogP contribution in [0.2, 0.25) is 5.02 Å². The Morgan fingerprint density at radius 3 is 2.69 bits per heavy atom. The first-order valence-electron chi connectivity index (χ1n) is 4.58. The van der Waals surface area contributed by atoms with Crippen molar-refractivity contribution in [2.45, 2.75) is 6.92 Å². The first kappa shape index (κ1) is 10.7. The maximum atomic E-state index is 11.9. The molecule has 0 saturated carbocycles. The van der Waals surface area contributed by atoms with Crippen LogP contribution in [0.3, 0.4) is 0 Å². The lowest BCUT2D eigenvalue weighted by molar-refractivity contribution is 0.0834. The predicted molar refractivity (Wildman–Crippen MR) is 58.9 cm³/mol. The van der Waals surface area contributed by atoms with Crippen LogP contribution in [-0.2, 0) is 0 Å². The highest BCUT2D eigenvalue weighted by Gasteiger charge is 2.13. The molecule has 0 aliphatic heterocycles. The van der Waals surface area contributed by atoms with E-state index in [9.17, 15) is 9.59 Å². The van der Waals surface area contributed by atoms with Crippen LogP contribution in [0.4, 0.5) is 0 Å². The van der Waals surface area contributed by atoms with E-state index < -0.39 is 11.5 Å². The van der Waals surface area contributed by atoms with Crippen molar-refractivity contribution in [1.29, 1.82) is 0 Å². The monoisotopic (exact) mass is 237 g/mol. The van der Waals surface area contributed by atoms with E-state index in [0.717, 1.165) is 4.74 Å². The van der Waals surface area contributed by atoms with Crippen molar-refractivity contribution in [3.63, 3.8) is 0 Å². The van der Waals surface area contributed by atoms with E-state index in [1.165, 1.54) is 12.1 Å². The molecular formula is C11H8ClNO3. The molecule has 0 saturated heterocycles. The van der Waals surface area contributed by atoms with Crippen LogP contribution in [0.1, 0.15) is 16.1 Å². The number of nitrogens with zero attached hydrogens (tertiary/aromatic N) is 1. The number of aromatic nitrogens is 1. The molecule has 0 aliphatic carbocycles. The quantitative estimate of drug-likeness (QED) is 0.763. The lowest BCUT2D eigenvalue weighted by atomic mass is 10.2. The molecule has 1 aromatic carbocycles. The van der Waals surface area contributed by atoms with Gasteiger partial charge in [-0.15, -0.1) is 4.74 Å². The summed E-state index contributed by atoms with van der Waals surface area (Å²) in [6.45, 7) is 1.62. The molecule has 0 spiro atoms. The van der Waals surface area contributed by atoms with Gasteiger partial charge in [-0.05, 0) is 25.1 Å². The molecule has 82 valence electrons. The van der Waals surface area contributed by atoms with E-state index >= 15 is 0 Å². The zero-order chi connectivity index (χ0) is 11.7. The van der Waals surface area contributed by atoms with Gasteiger partial charge >= 0.3 is 5.63 Å². The lowest BCUT2D eigenvalue weighted by Crippen LogP contribution is -2.12. The van der Waals surface area contributed by atoms with E-state index in [2.05, 4.69) is 0 Å². The average Bonchev–Trinajstić information content (AvgIpc) is 2.57. The minimum absolute atomic E-state index is 0.370. The first-order chi connectivity index (χ1) is 7.58. The molecule has 0 amide bonds. The average molecular weight is 238 g/mol. The van der Waals surface area contributed by atoms with Gasteiger partial charge in [0.15, 0.2) is 0 Å². The Bertz CT molecular complexity index is 597. The second kappa shape index (κ2) is 3.98. The van der Waals surface area contributed by atoms with Crippen molar-refractivity contribution in [2.24, 2.45) is 0 Å². The smallest absolute Gasteiger partial charge is 0.328 e. The Morgan fingerprint density at radius 2 is 2.12 bits per heavy atom. The highest BCUT2D eigenvalue weighted by Crippen LogP contribution is 2.12. The van der Waals surface area contributed by atoms with Crippen molar-refractivity contribution < 1.29 is 9.32 Å². The molecule has 0 radical (unpaired) electrons. The van der Waals surface area contributed by atoms with Crippen molar-refractivity contribution in [2.75, 3.05) is 0 Å². The van der Waals surface area contributed by atoms with Gasteiger partial charge in [0.05, 0.1) is 5.69 Å². The zero-order valence-electron chi connectivity index (χ0n) is 8.44. The standard InChI is InChI=1S/C11H8ClNO3/c1-7-5-10(14)16-13(7)11(15)8-3-2-4-9(12)6-8/h2-6H,1H3. The van der Waals surface area contributed by atoms with Crippen LogP contribution < -0.4 is 5.63 Å². The first-order valence-corrected chi connectivity index (χ1v) is 4.96. The highest BCUT2D eigenvalue weighted by molar-refractivity contribution is 6.30. The van der Waals surface area contributed by atoms with Gasteiger partial charge in [0.1, 0.15) is 0 Å². The Morgan fingerprint density at radius 1 is 1.38 bits per heavy atom. The van der Waals surface area contributed by atoms with Crippen molar-refractivity contribution >= 4 is 17.5 Å². The molecule has 0 N–H and O–H groups in total. The molecule has 1 heterocycles. The van der Waals surface area contributed by atoms with Crippen molar-refractivity contribution in [3.8, 4) is 0 Å². The molecule has 0 bridgehead atoms. The van der Waals surface area contributed by atoms with Gasteiger partial charge in [-0.3, -0.25) is 4.79 Å². The van der Waals surface area contributed by atoms with E-state index in [4.69, 9.17) is 16.1 Å². The number of hydrogen-bond acceptors (Lipinski definition) is 3. The third-order valence-corrected chi connectivity index (χ3v) is 2.32. The van der Waals surface area contributed by atoms with E-state index in [-0.39, 0.29) is 0 Å². The third-order valence-electron chi connectivity index (χ3n) is 2.08. The minimum atomic E-state index is -0.548. The van der Waals surface area contributed by atoms with E-state index in [0.29, 0.717) is 16.3 Å². The molecule has 2 rings (SSSR count). The van der Waals surface area contributed by atoms with Gasteiger partial charge in [-0.1, -0.05) is 17.7 Å². The molecule has 0 unspecified atom stereocenters. The lowest BCUT2D eigenvalue weighted by Gasteiger charge is -2.01. The number of carbonyl (C=O) groups is 1. The summed E-state index contributed by atoms with van der Waals surface area (Å²) in [5.74, 6) is -0.415. The highest BCUT2D eigenvalue weighted by atomic mass is 35.5. The molecule has 2 aromatic rings. The fourth-order valence-electron chi connectivity index (χ4n) is 1.36. The van der Waals surface area contributed by atoms with E-state index in [1.54, 1.807) is 25.1 Å². The van der Waals surface area contributed by atoms with Gasteiger partial charge in [0.2, 0.25) is 0 Å². The summed E-state index contributed by atoms with van der Waals surface area (Å²) in [6.07, 6.45) is 0. The Balaban J connectivity index is 2.47. The summed E-state index contributed by atoms with van der Waals surface area (Å²) in [5, 5.41) is 0.456. The second-order valence-electron chi connectivity index (χ2n) is 3.31. The Labute approximate surface area is 96.0 Å². The van der Waals surface area contributed by atoms with Crippen LogP contribution in [0, 0.1) is 6.92 Å². The maximum Gasteiger partial charge on any atom is 0.358 e. The number of hydrogen-bond donors (Lipinski definition) is 0. The minimum Gasteiger partial charge on any atom is -0.328 e. The maximum absolute atomic E-state index is 11.9. The van der Waals surface area contributed by atoms with Gasteiger partial charge in [-0.25, -0.2) is 4.79 Å². The predicted octanol–water partition coefficient (Wildman–Crippen LogP) is 2.09. The van der Waals surface area contributed by atoms with Crippen molar-refractivity contribution in [1.82, 2.24) is 4.74 Å². The van der Waals surface area contributed by atoms with Gasteiger partial charge < -0.3 is 4.52 Å². The number of carbonyl (C=O) groups excluding carboxylic acids is 1. The number of aryl methyl sites for hydroxylation is 1. The largest absolute Gasteiger partial charge is 0.358 e. The van der Waals surface area contributed by atoms with Crippen LogP contribution >= 0.6 is 11.6 Å². The Hall–Kier alpha value is -1.81. The summed E-state index contributed by atoms with van der Waals surface area (Å²) in [7, 11) is 0. The summed E-state index contributed by atoms with van der Waals surface area (Å²) in [4.78, 5) is 22.9. The van der Waals surface area contributed by atoms with Gasteiger partial charge in [-0.2, -0.15) is 0 Å². The molecule has 1 aromatic heterocycles. The second-order valence-corrected chi connectivity index (χ2v) is 3.74. The molecule has 4 nitrogen and oxygen atoms in total. The van der Waals surface area contributed by atoms with Gasteiger partial charge in [0.25, 0.3) is 5.91 Å². The molecule has 0 aliphatic rings. The van der Waals surface area contributed by atoms with Crippen LogP contribution in [-0.4, -0.2) is 10.6 Å². The summed E-state index contributed by atoms with van der Waals surface area (Å²) in [6, 6.07) is 7.70. The number of benzene rings is 1. The Kier molecular flexibility index (Phi) is 2.66. The van der Waals surface area contributed by atoms with Crippen LogP contribution in [0.5, 0.6) is 0 Å². The number of rotatable bonds is 1. The molecule has 0 fully saturated rings. The van der Waals surface area contributed by atoms with Crippen LogP contribution in [0.25, 0.3) is 0 Å². The SMILES string of the molecule is Cc1cc(=O)on1C(=O)c1cccc(Cl)c1. The molecule has 5 heteroatoms. The van der Waals surface area contributed by atoms with Crippen LogP contribution in [0.15, 0.2) is 39.6 Å². The van der Waals surface area contributed by atoms with E-state index in [1.807, 2.05) is 0 Å². The van der Waals surface area contributed by atoms with Gasteiger partial charge in [0, 0.05) is 16.7 Å². The molecule has 0 atom stereocenters. The fraction of sp³-hybridized carbons (Fsp3) is 0.0909. The zero-order valence-corrected chi connectivity index (χ0v) is 9.19. The molecule has 16 heavy (non-hydrogen) atoms. The number of halogens is 1. The summed E-state index contributed by atoms with van der Waals surface area (Å²) in [5.41, 5.74) is 0.276. The summed E-state index contributed by atoms with van der Waals surface area (Å²) >= 11 is 5.77. The molecular weight excluding hydrogens is 230 g/mol. The third kappa shape index (κ3) is 1.92. The topological polar surface area (TPSA) is 52.2 Å². The fourth-order valence-corrected chi connectivity index (χ4v) is 1.55.